The Morgan fingerprint density at radius 3 is 1.49 bits per heavy atom. The van der Waals surface area contributed by atoms with Gasteiger partial charge < -0.3 is 18.4 Å². The lowest BCUT2D eigenvalue weighted by Gasteiger charge is -2.23. The van der Waals surface area contributed by atoms with Crippen LogP contribution in [0.3, 0.4) is 0 Å². The molecular weight excluding hydrogens is 995 g/mol. The van der Waals surface area contributed by atoms with E-state index in [1.165, 1.54) is 22.7 Å². The molecule has 0 aliphatic carbocycles. The molecule has 78 heavy (non-hydrogen) atoms. The molecule has 0 saturated carbocycles. The summed E-state index contributed by atoms with van der Waals surface area (Å²) >= 11 is 3.03. The van der Waals surface area contributed by atoms with Gasteiger partial charge in [-0.2, -0.15) is 10.5 Å². The Morgan fingerprint density at radius 2 is 1.00 bits per heavy atom. The number of nitriles is 2. The van der Waals surface area contributed by atoms with E-state index in [-0.39, 0.29) is 6.85 Å². The smallest absolute Gasteiger partial charge is 0.328 e. The van der Waals surface area contributed by atoms with Crippen LogP contribution in [0.5, 0.6) is 11.5 Å². The summed E-state index contributed by atoms with van der Waals surface area (Å²) in [6, 6.07) is 68.1. The zero-order valence-electron chi connectivity index (χ0n) is 44.8. The van der Waals surface area contributed by atoms with Gasteiger partial charge in [-0.25, -0.2) is 9.97 Å². The van der Waals surface area contributed by atoms with Crippen LogP contribution in [-0.4, -0.2) is 45.8 Å². The first-order valence-corrected chi connectivity index (χ1v) is 28.5. The minimum Gasteiger partial charge on any atom is -0.493 e. The number of aryl methyl sites for hydroxylation is 1. The van der Waals surface area contributed by atoms with Crippen molar-refractivity contribution in [2.24, 2.45) is 11.8 Å². The number of hydrogen-bond acceptors (Lipinski definition) is 8. The van der Waals surface area contributed by atoms with Crippen LogP contribution in [0.1, 0.15) is 56.1 Å². The van der Waals surface area contributed by atoms with Crippen LogP contribution in [0.4, 0.5) is 0 Å². The van der Waals surface area contributed by atoms with Crippen molar-refractivity contribution in [1.29, 1.82) is 10.5 Å². The van der Waals surface area contributed by atoms with Crippen molar-refractivity contribution >= 4 is 95.1 Å². The fourth-order valence-electron chi connectivity index (χ4n) is 10.5. The van der Waals surface area contributed by atoms with E-state index in [9.17, 15) is 10.5 Å². The summed E-state index contributed by atoms with van der Waals surface area (Å²) in [5, 5.41) is 28.5. The maximum absolute atomic E-state index is 12.2. The van der Waals surface area contributed by atoms with Crippen molar-refractivity contribution in [2.75, 3.05) is 13.2 Å². The second-order valence-electron chi connectivity index (χ2n) is 20.3. The molecule has 382 valence electrons. The molecule has 4 aromatic heterocycles. The largest absolute Gasteiger partial charge is 0.493 e. The van der Waals surface area contributed by atoms with Gasteiger partial charge in [-0.05, 0) is 102 Å². The third-order valence-electron chi connectivity index (χ3n) is 15.1. The average Bonchev–Trinajstić information content (AvgIpc) is 4.44. The quantitative estimate of drug-likeness (QED) is 0.0842. The van der Waals surface area contributed by atoms with Gasteiger partial charge in [0.05, 0.1) is 44.3 Å². The highest BCUT2D eigenvalue weighted by Gasteiger charge is 2.36. The Morgan fingerprint density at radius 1 is 0.551 bits per heavy atom. The van der Waals surface area contributed by atoms with Crippen LogP contribution in [0.15, 0.2) is 182 Å². The van der Waals surface area contributed by atoms with E-state index in [0.717, 1.165) is 100 Å². The zero-order valence-corrected chi connectivity index (χ0v) is 46.4. The number of aromatic nitrogens is 4. The molecule has 0 N–H and O–H groups in total. The maximum Gasteiger partial charge on any atom is 0.328 e. The highest BCUT2D eigenvalue weighted by molar-refractivity contribution is 7.20. The van der Waals surface area contributed by atoms with E-state index in [1.807, 2.05) is 54.6 Å². The van der Waals surface area contributed by atoms with Crippen LogP contribution in [0.2, 0.25) is 6.82 Å². The lowest BCUT2D eigenvalue weighted by Crippen LogP contribution is -2.53. The number of thiazole rings is 2. The van der Waals surface area contributed by atoms with E-state index >= 15 is 0 Å². The first-order chi connectivity index (χ1) is 38.2. The molecule has 0 amide bonds. The third kappa shape index (κ3) is 9.83. The second-order valence-corrected chi connectivity index (χ2v) is 22.4. The fourth-order valence-corrected chi connectivity index (χ4v) is 12.4. The maximum atomic E-state index is 12.2. The molecule has 0 aliphatic heterocycles. The van der Waals surface area contributed by atoms with Gasteiger partial charge in [0.1, 0.15) is 44.8 Å². The molecule has 0 radical (unpaired) electrons. The van der Waals surface area contributed by atoms with Crippen LogP contribution in [0.25, 0.3) is 64.9 Å². The van der Waals surface area contributed by atoms with Gasteiger partial charge in [-0.3, -0.25) is 0 Å². The lowest BCUT2D eigenvalue weighted by atomic mass is 9.50. The number of nitrogens with zero attached hydrogens (tertiary/aromatic N) is 6. The summed E-state index contributed by atoms with van der Waals surface area (Å²) in [5.74, 6) is 2.33. The van der Waals surface area contributed by atoms with Gasteiger partial charge in [0.25, 0.3) is 6.85 Å². The van der Waals surface area contributed by atoms with Gasteiger partial charge in [0.2, 0.25) is 0 Å². The van der Waals surface area contributed by atoms with Gasteiger partial charge in [0.15, 0.2) is 0 Å². The summed E-state index contributed by atoms with van der Waals surface area (Å²) in [6.07, 6.45) is 2.01. The summed E-state index contributed by atoms with van der Waals surface area (Å²) in [6.45, 7) is 13.4. The van der Waals surface area contributed by atoms with Crippen molar-refractivity contribution in [1.82, 2.24) is 18.9 Å². The fraction of sp³-hybridized carbons (Fsp3) is 0.182. The number of rotatable bonds is 17. The third-order valence-corrected chi connectivity index (χ3v) is 17.2. The standard InChI is InChI=1S/C66H58B2N6O2S2/c1-7-43(3)41-75-51-35-32-46(33-36-51)61-59-60(64(53(40-70)66-72-55-29-19-21-31-58(55)78-66)74(61)68(49-24-14-10-15-25-49)50-26-16-11-17-27-50)62(47-34-37-56(45(5)38-47)76-42-44(4)8-2)73(67(6)48-22-12-9-13-23-48)63(59)52(39-69)65-71-54-28-18-20-30-57(54)77-65/h9-38,43-44H,7-8,41-42H2,1-6H3/b63-52-,64-53-. The lowest BCUT2D eigenvalue weighted by molar-refractivity contribution is 0.255. The molecule has 0 aliphatic rings. The molecular formula is C66H58B2N6O2S2. The van der Waals surface area contributed by atoms with Crippen molar-refractivity contribution in [3.8, 4) is 46.2 Å². The average molecular weight is 1050 g/mol. The number of fused-ring (bicyclic) bond motifs is 3. The van der Waals surface area contributed by atoms with E-state index in [0.29, 0.717) is 56.9 Å². The molecule has 7 aromatic carbocycles. The molecule has 2 atom stereocenters. The molecule has 11 rings (SSSR count). The minimum atomic E-state index is -0.490. The first kappa shape index (κ1) is 51.7. The van der Waals surface area contributed by atoms with E-state index in [1.54, 1.807) is 0 Å². The molecule has 0 spiro atoms. The summed E-state index contributed by atoms with van der Waals surface area (Å²) in [7, 11) is 0. The van der Waals surface area contributed by atoms with E-state index in [4.69, 9.17) is 19.4 Å². The Labute approximate surface area is 465 Å². The Hall–Kier alpha value is -8.41. The number of benzene rings is 7. The number of ether oxygens (including phenoxy) is 2. The van der Waals surface area contributed by atoms with Gasteiger partial charge >= 0.3 is 6.85 Å². The number of para-hydroxylation sites is 2. The Balaban J connectivity index is 1.43. The van der Waals surface area contributed by atoms with Gasteiger partial charge in [0, 0.05) is 22.2 Å². The number of hydrogen-bond donors (Lipinski definition) is 0. The van der Waals surface area contributed by atoms with Crippen LogP contribution in [-0.2, 0) is 0 Å². The molecule has 0 saturated heterocycles. The van der Waals surface area contributed by atoms with Crippen LogP contribution < -0.4 is 36.6 Å². The normalized spacial score (nSPS) is 13.0. The minimum absolute atomic E-state index is 0.347. The van der Waals surface area contributed by atoms with Gasteiger partial charge in [-0.15, -0.1) is 22.7 Å². The highest BCUT2D eigenvalue weighted by Crippen LogP contribution is 2.39. The SMILES string of the molecule is CCC(C)COc1ccc(-c2c3/c(=C(\C#N)c4nc5ccccc5s4)n(B(C)c4ccccc4)c(-c4ccc(OCC(C)CC)c(C)c4)c3/c(=C(\C#N)c3nc4ccccc4s3)n2B(c2ccccc2)c2ccccc2)cc1. The molecule has 8 nitrogen and oxygen atoms in total. The van der Waals surface area contributed by atoms with Crippen LogP contribution >= 0.6 is 22.7 Å². The zero-order chi connectivity index (χ0) is 53.9. The molecule has 11 aromatic rings. The van der Waals surface area contributed by atoms with Crippen LogP contribution in [0, 0.1) is 41.4 Å². The van der Waals surface area contributed by atoms with Crippen molar-refractivity contribution in [2.45, 2.75) is 54.3 Å². The molecule has 2 unspecified atom stereocenters. The second kappa shape index (κ2) is 22.7. The van der Waals surface area contributed by atoms with Crippen molar-refractivity contribution in [3.05, 3.63) is 208 Å². The summed E-state index contributed by atoms with van der Waals surface area (Å²) in [5.41, 5.74) is 9.97. The molecule has 12 heteroatoms. The Bertz CT molecular complexity index is 4070. The summed E-state index contributed by atoms with van der Waals surface area (Å²) in [4.78, 5) is 10.6. The topological polar surface area (TPSA) is 102 Å². The van der Waals surface area contributed by atoms with Gasteiger partial charge in [-0.1, -0.05) is 179 Å². The Kier molecular flexibility index (Phi) is 15.0. The predicted molar refractivity (Wildman–Crippen MR) is 327 cm³/mol. The monoisotopic (exact) mass is 1050 g/mol. The van der Waals surface area contributed by atoms with E-state index in [2.05, 4.69) is 190 Å². The van der Waals surface area contributed by atoms with Crippen molar-refractivity contribution < 1.29 is 9.47 Å². The van der Waals surface area contributed by atoms with E-state index < -0.39 is 6.85 Å². The summed E-state index contributed by atoms with van der Waals surface area (Å²) < 4.78 is 19.7. The molecule has 4 heterocycles. The first-order valence-electron chi connectivity index (χ1n) is 26.9. The molecule has 0 fully saturated rings. The highest BCUT2D eigenvalue weighted by atomic mass is 32.1. The predicted octanol–water partition coefficient (Wildman–Crippen LogP) is 12.6. The molecule has 0 bridgehead atoms. The van der Waals surface area contributed by atoms with Crippen molar-refractivity contribution in [3.63, 3.8) is 0 Å².